The van der Waals surface area contributed by atoms with E-state index in [9.17, 15) is 0 Å². The van der Waals surface area contributed by atoms with Gasteiger partial charge in [-0.25, -0.2) is 19.6 Å². The second-order valence-electron chi connectivity index (χ2n) is 6.07. The van der Waals surface area contributed by atoms with Gasteiger partial charge in [-0.05, 0) is 32.0 Å². The molecule has 0 aliphatic heterocycles. The Labute approximate surface area is 165 Å². The fourth-order valence-corrected chi connectivity index (χ4v) is 3.54. The van der Waals surface area contributed by atoms with E-state index in [0.717, 1.165) is 16.6 Å². The van der Waals surface area contributed by atoms with Crippen LogP contribution >= 0.6 is 23.2 Å². The van der Waals surface area contributed by atoms with Gasteiger partial charge < -0.3 is 11.1 Å². The maximum absolute atomic E-state index is 6.33. The van der Waals surface area contributed by atoms with Crippen LogP contribution in [0.1, 0.15) is 11.5 Å². The van der Waals surface area contributed by atoms with Crippen molar-refractivity contribution in [1.82, 2.24) is 24.7 Å². The van der Waals surface area contributed by atoms with E-state index in [0.29, 0.717) is 38.9 Å². The molecule has 0 unspecified atom stereocenters. The van der Waals surface area contributed by atoms with E-state index in [1.807, 2.05) is 32.2 Å². The van der Waals surface area contributed by atoms with Crippen LogP contribution in [0.15, 0.2) is 36.7 Å². The molecule has 3 N–H and O–H groups in total. The Hall–Kier alpha value is -2.90. The Balaban J connectivity index is 1.81. The number of nitrogens with two attached hydrogens (primary N) is 1. The second kappa shape index (κ2) is 6.68. The standard InChI is InChI=1S/C18H15Cl2N7/c1-9-5-16(24-10(2)23-9)25-18-12-8-27(26-15(12)3-4-22-18)17-13(19)6-11(21)7-14(17)20/h3-8H,21H2,1-2H3,(H,22,23,24,25). The molecule has 0 fully saturated rings. The molecule has 0 aliphatic carbocycles. The van der Waals surface area contributed by atoms with E-state index < -0.39 is 0 Å². The highest BCUT2D eigenvalue weighted by Gasteiger charge is 2.14. The van der Waals surface area contributed by atoms with E-state index in [2.05, 4.69) is 25.4 Å². The van der Waals surface area contributed by atoms with Crippen LogP contribution in [0.4, 0.5) is 17.3 Å². The Morgan fingerprint density at radius 3 is 2.52 bits per heavy atom. The molecule has 136 valence electrons. The molecule has 27 heavy (non-hydrogen) atoms. The number of pyridine rings is 1. The minimum atomic E-state index is 0.414. The van der Waals surface area contributed by atoms with Crippen molar-refractivity contribution in [3.05, 3.63) is 58.2 Å². The van der Waals surface area contributed by atoms with Crippen molar-refractivity contribution in [2.24, 2.45) is 0 Å². The largest absolute Gasteiger partial charge is 0.399 e. The fourth-order valence-electron chi connectivity index (χ4n) is 2.87. The van der Waals surface area contributed by atoms with Gasteiger partial charge in [-0.3, -0.25) is 0 Å². The Bertz CT molecular complexity index is 1130. The minimum absolute atomic E-state index is 0.414. The summed E-state index contributed by atoms with van der Waals surface area (Å²) in [6, 6.07) is 6.94. The zero-order chi connectivity index (χ0) is 19.1. The molecule has 1 aromatic carbocycles. The van der Waals surface area contributed by atoms with Crippen molar-refractivity contribution in [2.75, 3.05) is 11.1 Å². The van der Waals surface area contributed by atoms with Crippen molar-refractivity contribution in [1.29, 1.82) is 0 Å². The third-order valence-corrected chi connectivity index (χ3v) is 4.49. The third kappa shape index (κ3) is 3.39. The van der Waals surface area contributed by atoms with Crippen LogP contribution in [0.2, 0.25) is 10.0 Å². The lowest BCUT2D eigenvalue weighted by atomic mass is 10.3. The van der Waals surface area contributed by atoms with Crippen molar-refractivity contribution in [3.8, 4) is 5.69 Å². The van der Waals surface area contributed by atoms with Crippen molar-refractivity contribution in [3.63, 3.8) is 0 Å². The van der Waals surface area contributed by atoms with Gasteiger partial charge in [0.1, 0.15) is 23.1 Å². The summed E-state index contributed by atoms with van der Waals surface area (Å²) in [6.45, 7) is 3.76. The third-order valence-electron chi connectivity index (χ3n) is 3.91. The topological polar surface area (TPSA) is 94.5 Å². The molecule has 0 amide bonds. The second-order valence-corrected chi connectivity index (χ2v) is 6.88. The number of halogens is 2. The van der Waals surface area contributed by atoms with E-state index >= 15 is 0 Å². The monoisotopic (exact) mass is 399 g/mol. The first-order valence-corrected chi connectivity index (χ1v) is 8.85. The summed E-state index contributed by atoms with van der Waals surface area (Å²) in [5.74, 6) is 1.97. The number of rotatable bonds is 3. The first kappa shape index (κ1) is 17.5. The zero-order valence-corrected chi connectivity index (χ0v) is 16.0. The van der Waals surface area contributed by atoms with Gasteiger partial charge in [0, 0.05) is 29.8 Å². The van der Waals surface area contributed by atoms with Crippen LogP contribution < -0.4 is 11.1 Å². The molecule has 0 saturated carbocycles. The molecule has 4 aromatic rings. The van der Waals surface area contributed by atoms with Gasteiger partial charge in [0.05, 0.1) is 20.9 Å². The van der Waals surface area contributed by atoms with Gasteiger partial charge in [-0.1, -0.05) is 23.2 Å². The number of hydrogen-bond donors (Lipinski definition) is 2. The number of aromatic nitrogens is 5. The predicted octanol–water partition coefficient (Wildman–Crippen LogP) is 4.46. The maximum atomic E-state index is 6.33. The summed E-state index contributed by atoms with van der Waals surface area (Å²) in [6.07, 6.45) is 3.49. The molecule has 4 rings (SSSR count). The Kier molecular flexibility index (Phi) is 4.33. The fraction of sp³-hybridized carbons (Fsp3) is 0.111. The summed E-state index contributed by atoms with van der Waals surface area (Å²) in [4.78, 5) is 13.1. The van der Waals surface area contributed by atoms with Crippen LogP contribution in [0.25, 0.3) is 16.6 Å². The summed E-state index contributed by atoms with van der Waals surface area (Å²) in [5, 5.41) is 9.43. The van der Waals surface area contributed by atoms with Crippen LogP contribution in [0.5, 0.6) is 0 Å². The molecule has 3 aromatic heterocycles. The van der Waals surface area contributed by atoms with Gasteiger partial charge >= 0.3 is 0 Å². The van der Waals surface area contributed by atoms with E-state index in [1.165, 1.54) is 0 Å². The van der Waals surface area contributed by atoms with Crippen LogP contribution in [0.3, 0.4) is 0 Å². The summed E-state index contributed by atoms with van der Waals surface area (Å²) >= 11 is 12.7. The number of nitrogens with one attached hydrogen (secondary N) is 1. The number of anilines is 3. The molecule has 0 atom stereocenters. The van der Waals surface area contributed by atoms with E-state index in [1.54, 1.807) is 23.0 Å². The van der Waals surface area contributed by atoms with Gasteiger partial charge in [0.15, 0.2) is 0 Å². The molecular weight excluding hydrogens is 385 g/mol. The highest BCUT2D eigenvalue weighted by molar-refractivity contribution is 6.38. The molecule has 0 aliphatic rings. The lowest BCUT2D eigenvalue weighted by Gasteiger charge is -2.08. The number of fused-ring (bicyclic) bond motifs is 1. The number of nitrogen functional groups attached to an aromatic ring is 1. The average molecular weight is 400 g/mol. The van der Waals surface area contributed by atoms with E-state index in [-0.39, 0.29) is 0 Å². The van der Waals surface area contributed by atoms with Crippen molar-refractivity contribution in [2.45, 2.75) is 13.8 Å². The van der Waals surface area contributed by atoms with Crippen LogP contribution in [0, 0.1) is 13.8 Å². The van der Waals surface area contributed by atoms with Gasteiger partial charge in [-0.2, -0.15) is 5.10 Å². The SMILES string of the molecule is Cc1cc(Nc2nccc3nn(-c4c(Cl)cc(N)cc4Cl)cc23)nc(C)n1. The van der Waals surface area contributed by atoms with Crippen LogP contribution in [-0.4, -0.2) is 24.7 Å². The average Bonchev–Trinajstić information content (AvgIpc) is 2.97. The summed E-state index contributed by atoms with van der Waals surface area (Å²) in [7, 11) is 0. The Morgan fingerprint density at radius 1 is 1.07 bits per heavy atom. The Morgan fingerprint density at radius 2 is 1.81 bits per heavy atom. The van der Waals surface area contributed by atoms with Crippen molar-refractivity contribution >= 4 is 51.4 Å². The number of aryl methyl sites for hydroxylation is 2. The first-order valence-electron chi connectivity index (χ1n) is 8.09. The minimum Gasteiger partial charge on any atom is -0.399 e. The summed E-state index contributed by atoms with van der Waals surface area (Å²) < 4.78 is 1.62. The molecule has 0 saturated heterocycles. The smallest absolute Gasteiger partial charge is 0.142 e. The number of hydrogen-bond acceptors (Lipinski definition) is 6. The lowest BCUT2D eigenvalue weighted by molar-refractivity contribution is 0.897. The number of nitrogens with zero attached hydrogens (tertiary/aromatic N) is 5. The normalized spacial score (nSPS) is 11.1. The molecule has 0 spiro atoms. The molecular formula is C18H15Cl2N7. The quantitative estimate of drug-likeness (QED) is 0.493. The molecule has 3 heterocycles. The molecule has 0 radical (unpaired) electrons. The summed E-state index contributed by atoms with van der Waals surface area (Å²) in [5.41, 5.74) is 8.44. The van der Waals surface area contributed by atoms with Gasteiger partial charge in [0.2, 0.25) is 0 Å². The highest BCUT2D eigenvalue weighted by Crippen LogP contribution is 2.33. The molecule has 9 heteroatoms. The van der Waals surface area contributed by atoms with E-state index in [4.69, 9.17) is 28.9 Å². The molecule has 7 nitrogen and oxygen atoms in total. The first-order chi connectivity index (χ1) is 12.9. The number of benzene rings is 1. The maximum Gasteiger partial charge on any atom is 0.142 e. The zero-order valence-electron chi connectivity index (χ0n) is 14.5. The lowest BCUT2D eigenvalue weighted by Crippen LogP contribution is -2.00. The van der Waals surface area contributed by atoms with Crippen LogP contribution in [-0.2, 0) is 0 Å². The van der Waals surface area contributed by atoms with Gasteiger partial charge in [0.25, 0.3) is 0 Å². The van der Waals surface area contributed by atoms with Crippen molar-refractivity contribution < 1.29 is 0 Å². The highest BCUT2D eigenvalue weighted by atomic mass is 35.5. The predicted molar refractivity (Wildman–Crippen MR) is 108 cm³/mol. The molecule has 0 bridgehead atoms. The van der Waals surface area contributed by atoms with Gasteiger partial charge in [-0.15, -0.1) is 0 Å².